The fourth-order valence-corrected chi connectivity index (χ4v) is 2.75. The molecule has 1 aromatic carbocycles. The Hall–Kier alpha value is -2.90. The van der Waals surface area contributed by atoms with Gasteiger partial charge in [0.25, 0.3) is 5.91 Å². The van der Waals surface area contributed by atoms with Crippen LogP contribution in [0.25, 0.3) is 5.69 Å². The number of aromatic nitrogens is 2. The number of benzene rings is 1. The van der Waals surface area contributed by atoms with Crippen molar-refractivity contribution < 1.29 is 23.5 Å². The standard InChI is InChI=1S/C17H18FN3O4/c1-3-24-13-6-5-10(9-12(13)18)21-15-11(7-8-19-16(15)22)14(20-21)17(23)25-4-2/h5-6,9H,3-4,7-8H2,1-2H3,(H,19,22). The third-order valence-electron chi connectivity index (χ3n) is 3.79. The SMILES string of the molecule is CCOC(=O)c1nn(-c2ccc(OCC)c(F)c2)c2c1CCNC2=O. The van der Waals surface area contributed by atoms with E-state index >= 15 is 0 Å². The van der Waals surface area contributed by atoms with Crippen LogP contribution < -0.4 is 10.1 Å². The summed E-state index contributed by atoms with van der Waals surface area (Å²) in [4.78, 5) is 24.4. The summed E-state index contributed by atoms with van der Waals surface area (Å²) in [6.45, 7) is 4.39. The first kappa shape index (κ1) is 16.9. The fourth-order valence-electron chi connectivity index (χ4n) is 2.75. The van der Waals surface area contributed by atoms with Crippen molar-refractivity contribution in [3.8, 4) is 11.4 Å². The molecule has 2 heterocycles. The van der Waals surface area contributed by atoms with Gasteiger partial charge in [-0.05, 0) is 32.4 Å². The Morgan fingerprint density at radius 1 is 1.36 bits per heavy atom. The number of amides is 1. The first-order valence-corrected chi connectivity index (χ1v) is 8.06. The van der Waals surface area contributed by atoms with Crippen molar-refractivity contribution in [2.75, 3.05) is 19.8 Å². The molecule has 0 aliphatic carbocycles. The lowest BCUT2D eigenvalue weighted by atomic mass is 10.1. The number of carbonyl (C=O) groups excluding carboxylic acids is 2. The number of nitrogens with zero attached hydrogens (tertiary/aromatic N) is 2. The van der Waals surface area contributed by atoms with Gasteiger partial charge >= 0.3 is 5.97 Å². The number of hydrogen-bond acceptors (Lipinski definition) is 5. The largest absolute Gasteiger partial charge is 0.491 e. The van der Waals surface area contributed by atoms with Crippen LogP contribution in [0.3, 0.4) is 0 Å². The molecule has 1 aliphatic heterocycles. The monoisotopic (exact) mass is 347 g/mol. The summed E-state index contributed by atoms with van der Waals surface area (Å²) >= 11 is 0. The highest BCUT2D eigenvalue weighted by atomic mass is 19.1. The molecule has 3 rings (SSSR count). The zero-order valence-corrected chi connectivity index (χ0v) is 14.0. The van der Waals surface area contributed by atoms with E-state index in [1.807, 2.05) is 0 Å². The van der Waals surface area contributed by atoms with Crippen LogP contribution in [0.1, 0.15) is 40.4 Å². The maximum atomic E-state index is 14.2. The molecule has 8 heteroatoms. The second-order valence-corrected chi connectivity index (χ2v) is 5.36. The van der Waals surface area contributed by atoms with Gasteiger partial charge in [-0.3, -0.25) is 4.79 Å². The summed E-state index contributed by atoms with van der Waals surface area (Å²) in [5, 5.41) is 6.93. The Morgan fingerprint density at radius 2 is 2.16 bits per heavy atom. The van der Waals surface area contributed by atoms with E-state index in [1.165, 1.54) is 16.8 Å². The van der Waals surface area contributed by atoms with Gasteiger partial charge in [-0.25, -0.2) is 13.9 Å². The minimum Gasteiger partial charge on any atom is -0.491 e. The molecule has 1 amide bonds. The highest BCUT2D eigenvalue weighted by Crippen LogP contribution is 2.26. The molecule has 1 aromatic heterocycles. The van der Waals surface area contributed by atoms with Crippen LogP contribution in [0.4, 0.5) is 4.39 Å². The van der Waals surface area contributed by atoms with Crippen LogP contribution >= 0.6 is 0 Å². The number of carbonyl (C=O) groups is 2. The molecule has 2 aromatic rings. The lowest BCUT2D eigenvalue weighted by Crippen LogP contribution is -2.33. The topological polar surface area (TPSA) is 82.4 Å². The molecular weight excluding hydrogens is 329 g/mol. The van der Waals surface area contributed by atoms with E-state index < -0.39 is 11.8 Å². The van der Waals surface area contributed by atoms with Crippen LogP contribution in [0.2, 0.25) is 0 Å². The van der Waals surface area contributed by atoms with Crippen LogP contribution in [0.5, 0.6) is 5.75 Å². The molecule has 0 spiro atoms. The van der Waals surface area contributed by atoms with E-state index in [9.17, 15) is 14.0 Å². The number of nitrogens with one attached hydrogen (secondary N) is 1. The van der Waals surface area contributed by atoms with Crippen molar-refractivity contribution in [3.63, 3.8) is 0 Å². The van der Waals surface area contributed by atoms with E-state index in [2.05, 4.69) is 10.4 Å². The number of hydrogen-bond donors (Lipinski definition) is 1. The molecule has 132 valence electrons. The minimum atomic E-state index is -0.599. The van der Waals surface area contributed by atoms with Gasteiger partial charge in [-0.2, -0.15) is 5.10 Å². The number of esters is 1. The lowest BCUT2D eigenvalue weighted by Gasteiger charge is -2.15. The predicted molar refractivity (Wildman–Crippen MR) is 86.7 cm³/mol. The summed E-state index contributed by atoms with van der Waals surface area (Å²) in [6.07, 6.45) is 0.453. The molecule has 1 N–H and O–H groups in total. The molecule has 25 heavy (non-hydrogen) atoms. The van der Waals surface area contributed by atoms with Crippen LogP contribution in [0.15, 0.2) is 18.2 Å². The third-order valence-corrected chi connectivity index (χ3v) is 3.79. The molecular formula is C17H18FN3O4. The third kappa shape index (κ3) is 3.07. The van der Waals surface area contributed by atoms with Crippen molar-refractivity contribution >= 4 is 11.9 Å². The van der Waals surface area contributed by atoms with Gasteiger partial charge in [-0.15, -0.1) is 0 Å². The Kier molecular flexibility index (Phi) is 4.69. The van der Waals surface area contributed by atoms with Crippen LogP contribution in [-0.4, -0.2) is 41.4 Å². The molecule has 0 saturated carbocycles. The maximum absolute atomic E-state index is 14.2. The Labute approximate surface area is 143 Å². The van der Waals surface area contributed by atoms with Gasteiger partial charge in [0.05, 0.1) is 18.9 Å². The van der Waals surface area contributed by atoms with Crippen molar-refractivity contribution in [1.29, 1.82) is 0 Å². The Bertz CT molecular complexity index is 832. The van der Waals surface area contributed by atoms with Crippen molar-refractivity contribution in [3.05, 3.63) is 41.0 Å². The predicted octanol–water partition coefficient (Wildman–Crippen LogP) is 1.87. The van der Waals surface area contributed by atoms with Crippen molar-refractivity contribution in [2.45, 2.75) is 20.3 Å². The molecule has 0 saturated heterocycles. The highest BCUT2D eigenvalue weighted by molar-refractivity contribution is 6.00. The quantitative estimate of drug-likeness (QED) is 0.835. The smallest absolute Gasteiger partial charge is 0.359 e. The molecule has 0 radical (unpaired) electrons. The molecule has 0 bridgehead atoms. The van der Waals surface area contributed by atoms with E-state index in [0.717, 1.165) is 0 Å². The normalized spacial score (nSPS) is 13.2. The number of ether oxygens (including phenoxy) is 2. The maximum Gasteiger partial charge on any atom is 0.359 e. The molecule has 7 nitrogen and oxygen atoms in total. The first-order valence-electron chi connectivity index (χ1n) is 8.06. The number of fused-ring (bicyclic) bond motifs is 1. The van der Waals surface area contributed by atoms with Crippen molar-refractivity contribution in [2.24, 2.45) is 0 Å². The van der Waals surface area contributed by atoms with E-state index in [0.29, 0.717) is 30.8 Å². The van der Waals surface area contributed by atoms with Crippen LogP contribution in [-0.2, 0) is 11.2 Å². The van der Waals surface area contributed by atoms with Crippen molar-refractivity contribution in [1.82, 2.24) is 15.1 Å². The van der Waals surface area contributed by atoms with E-state index in [-0.39, 0.29) is 29.7 Å². The number of rotatable bonds is 5. The van der Waals surface area contributed by atoms with Gasteiger partial charge in [0.2, 0.25) is 0 Å². The highest BCUT2D eigenvalue weighted by Gasteiger charge is 2.31. The molecule has 1 aliphatic rings. The van der Waals surface area contributed by atoms with Gasteiger partial charge in [0.1, 0.15) is 5.69 Å². The Balaban J connectivity index is 2.11. The summed E-state index contributed by atoms with van der Waals surface area (Å²) in [6, 6.07) is 4.26. The van der Waals surface area contributed by atoms with Gasteiger partial charge in [-0.1, -0.05) is 0 Å². The second kappa shape index (κ2) is 6.92. The zero-order valence-electron chi connectivity index (χ0n) is 14.0. The molecule has 0 atom stereocenters. The van der Waals surface area contributed by atoms with Gasteiger partial charge in [0, 0.05) is 18.2 Å². The second-order valence-electron chi connectivity index (χ2n) is 5.36. The minimum absolute atomic E-state index is 0.0843. The molecule has 0 unspecified atom stereocenters. The number of halogens is 1. The lowest BCUT2D eigenvalue weighted by molar-refractivity contribution is 0.0517. The average molecular weight is 347 g/mol. The summed E-state index contributed by atoms with van der Waals surface area (Å²) in [5.41, 5.74) is 1.14. The first-order chi connectivity index (χ1) is 12.1. The molecule has 0 fully saturated rings. The Morgan fingerprint density at radius 3 is 2.84 bits per heavy atom. The van der Waals surface area contributed by atoms with Gasteiger partial charge < -0.3 is 14.8 Å². The fraction of sp³-hybridized carbons (Fsp3) is 0.353. The van der Waals surface area contributed by atoms with E-state index in [4.69, 9.17) is 9.47 Å². The van der Waals surface area contributed by atoms with Gasteiger partial charge in [0.15, 0.2) is 17.3 Å². The summed E-state index contributed by atoms with van der Waals surface area (Å²) in [7, 11) is 0. The van der Waals surface area contributed by atoms with E-state index in [1.54, 1.807) is 19.9 Å². The average Bonchev–Trinajstić information content (AvgIpc) is 2.98. The zero-order chi connectivity index (χ0) is 18.0. The summed E-state index contributed by atoms with van der Waals surface area (Å²) in [5.74, 6) is -1.42. The van der Waals surface area contributed by atoms with Crippen LogP contribution in [0, 0.1) is 5.82 Å². The summed E-state index contributed by atoms with van der Waals surface area (Å²) < 4.78 is 25.6.